The number of fused-ring (bicyclic) bond motifs is 2. The zero-order valence-electron chi connectivity index (χ0n) is 18.1. The van der Waals surface area contributed by atoms with Gasteiger partial charge < -0.3 is 4.74 Å². The predicted molar refractivity (Wildman–Crippen MR) is 125 cm³/mol. The van der Waals surface area contributed by atoms with Gasteiger partial charge >= 0.3 is 5.97 Å². The molecule has 31 heavy (non-hydrogen) atoms. The summed E-state index contributed by atoms with van der Waals surface area (Å²) in [6.45, 7) is 4.42. The average Bonchev–Trinajstić information content (AvgIpc) is 3.18. The van der Waals surface area contributed by atoms with E-state index in [1.54, 1.807) is 11.8 Å². The van der Waals surface area contributed by atoms with Crippen molar-refractivity contribution in [1.29, 1.82) is 0 Å². The molecule has 0 aliphatic carbocycles. The molecule has 2 aliphatic rings. The summed E-state index contributed by atoms with van der Waals surface area (Å²) in [7, 11) is -2.49. The number of esters is 1. The second kappa shape index (κ2) is 9.23. The molecular weight excluding hydrogens is 452 g/mol. The molecule has 4 rings (SSSR count). The molecule has 0 saturated heterocycles. The van der Waals surface area contributed by atoms with Crippen LogP contribution >= 0.6 is 23.1 Å². The van der Waals surface area contributed by atoms with E-state index in [1.165, 1.54) is 28.3 Å². The van der Waals surface area contributed by atoms with Gasteiger partial charge in [-0.3, -0.25) is 4.90 Å². The minimum Gasteiger partial charge on any atom is -0.465 e. The first-order valence-corrected chi connectivity index (χ1v) is 14.0. The van der Waals surface area contributed by atoms with Gasteiger partial charge in [0.2, 0.25) is 0 Å². The zero-order valence-corrected chi connectivity index (χ0v) is 20.5. The lowest BCUT2D eigenvalue weighted by Gasteiger charge is -2.32. The molecule has 1 aromatic heterocycles. The van der Waals surface area contributed by atoms with E-state index in [9.17, 15) is 13.2 Å². The van der Waals surface area contributed by atoms with Crippen LogP contribution < -0.4 is 0 Å². The van der Waals surface area contributed by atoms with Gasteiger partial charge in [-0.15, -0.1) is 11.3 Å². The van der Waals surface area contributed by atoms with Gasteiger partial charge in [-0.05, 0) is 42.7 Å². The summed E-state index contributed by atoms with van der Waals surface area (Å²) >= 11 is 3.05. The minimum absolute atomic E-state index is 0.142. The van der Waals surface area contributed by atoms with Crippen molar-refractivity contribution < 1.29 is 17.9 Å². The van der Waals surface area contributed by atoms with Crippen LogP contribution in [0.1, 0.15) is 38.8 Å². The Hall–Kier alpha value is -1.39. The van der Waals surface area contributed by atoms with Crippen LogP contribution in [0.3, 0.4) is 0 Å². The van der Waals surface area contributed by atoms with Gasteiger partial charge in [0.05, 0.1) is 12.7 Å². The molecule has 1 atom stereocenters. The number of ether oxygens (including phenoxy) is 1. The van der Waals surface area contributed by atoms with Crippen molar-refractivity contribution in [3.63, 3.8) is 0 Å². The summed E-state index contributed by atoms with van der Waals surface area (Å²) in [5.41, 5.74) is 3.31. The topological polar surface area (TPSA) is 66.9 Å². The number of nitrogens with zero attached hydrogens (tertiary/aromatic N) is 2. The van der Waals surface area contributed by atoms with Gasteiger partial charge in [-0.25, -0.2) is 13.2 Å². The Morgan fingerprint density at radius 3 is 2.65 bits per heavy atom. The van der Waals surface area contributed by atoms with Crippen molar-refractivity contribution in [3.8, 4) is 0 Å². The summed E-state index contributed by atoms with van der Waals surface area (Å²) in [4.78, 5) is 16.0. The Bertz CT molecular complexity index is 1080. The maximum atomic E-state index is 13.7. The summed E-state index contributed by atoms with van der Waals surface area (Å²) in [5, 5.41) is 0. The highest BCUT2D eigenvalue weighted by molar-refractivity contribution is 7.98. The second-order valence-corrected chi connectivity index (χ2v) is 12.2. The monoisotopic (exact) mass is 480 g/mol. The number of sulfonamides is 1. The van der Waals surface area contributed by atoms with Crippen LogP contribution in [-0.2, 0) is 40.7 Å². The number of thioether (sulfide) groups is 1. The van der Waals surface area contributed by atoms with E-state index >= 15 is 0 Å². The first kappa shape index (κ1) is 22.8. The Labute approximate surface area is 192 Å². The first-order chi connectivity index (χ1) is 14.9. The van der Waals surface area contributed by atoms with Crippen LogP contribution in [0.15, 0.2) is 28.5 Å². The Balaban J connectivity index is 1.70. The SMILES string of the molecule is COC(=O)c1c(S(=O)(=O)N2CCc3ccccc3C2)sc2c1CCN(C(C)CSC)C2. The van der Waals surface area contributed by atoms with Crippen molar-refractivity contribution in [1.82, 2.24) is 9.21 Å². The highest BCUT2D eigenvalue weighted by Crippen LogP contribution is 2.39. The fraction of sp³-hybridized carbons (Fsp3) is 0.500. The van der Waals surface area contributed by atoms with Gasteiger partial charge in [-0.2, -0.15) is 16.1 Å². The standard InChI is InChI=1S/C22H28N2O4S3/c1-15(14-29-3)23-10-9-18-19(13-23)30-22(20(18)21(25)28-2)31(26,27)24-11-8-16-6-4-5-7-17(16)12-24/h4-7,15H,8-14H2,1-3H3. The number of hydrogen-bond donors (Lipinski definition) is 0. The zero-order chi connectivity index (χ0) is 22.2. The third kappa shape index (κ3) is 4.30. The summed E-state index contributed by atoms with van der Waals surface area (Å²) in [6.07, 6.45) is 3.43. The molecule has 0 amide bonds. The fourth-order valence-electron chi connectivity index (χ4n) is 4.40. The molecule has 168 valence electrons. The highest BCUT2D eigenvalue weighted by atomic mass is 32.2. The molecule has 0 saturated carbocycles. The lowest BCUT2D eigenvalue weighted by molar-refractivity contribution is 0.0595. The third-order valence-electron chi connectivity index (χ3n) is 6.14. The van der Waals surface area contributed by atoms with E-state index < -0.39 is 16.0 Å². The minimum atomic E-state index is -3.80. The molecule has 2 aliphatic heterocycles. The Morgan fingerprint density at radius 1 is 1.19 bits per heavy atom. The molecule has 0 fully saturated rings. The lowest BCUT2D eigenvalue weighted by atomic mass is 10.0. The molecule has 0 N–H and O–H groups in total. The molecule has 1 unspecified atom stereocenters. The van der Waals surface area contributed by atoms with E-state index in [2.05, 4.69) is 18.1 Å². The molecule has 2 aromatic rings. The van der Waals surface area contributed by atoms with Gasteiger partial charge in [0.25, 0.3) is 10.0 Å². The average molecular weight is 481 g/mol. The normalized spacial score (nSPS) is 18.3. The van der Waals surface area contributed by atoms with Gasteiger partial charge in [0.15, 0.2) is 0 Å². The molecule has 6 nitrogen and oxygen atoms in total. The third-order valence-corrected chi connectivity index (χ3v) is 10.5. The van der Waals surface area contributed by atoms with Crippen molar-refractivity contribution >= 4 is 39.1 Å². The van der Waals surface area contributed by atoms with Gasteiger partial charge in [-0.1, -0.05) is 24.3 Å². The smallest absolute Gasteiger partial charge is 0.340 e. The van der Waals surface area contributed by atoms with Crippen molar-refractivity contribution in [2.45, 2.75) is 43.1 Å². The van der Waals surface area contributed by atoms with E-state index in [0.717, 1.165) is 28.3 Å². The van der Waals surface area contributed by atoms with Crippen molar-refractivity contribution in [3.05, 3.63) is 51.4 Å². The number of methoxy groups -OCH3 is 1. The number of rotatable bonds is 6. The Kier molecular flexibility index (Phi) is 6.79. The predicted octanol–water partition coefficient (Wildman–Crippen LogP) is 3.39. The summed E-state index contributed by atoms with van der Waals surface area (Å²) in [6, 6.07) is 8.33. The van der Waals surface area contributed by atoms with E-state index in [0.29, 0.717) is 38.5 Å². The van der Waals surface area contributed by atoms with Crippen LogP contribution in [0.25, 0.3) is 0 Å². The first-order valence-electron chi connectivity index (χ1n) is 10.4. The Morgan fingerprint density at radius 2 is 1.94 bits per heavy atom. The van der Waals surface area contributed by atoms with E-state index in [4.69, 9.17) is 4.74 Å². The molecule has 1 aromatic carbocycles. The number of benzene rings is 1. The quantitative estimate of drug-likeness (QED) is 0.591. The number of hydrogen-bond acceptors (Lipinski definition) is 7. The summed E-state index contributed by atoms with van der Waals surface area (Å²) in [5.74, 6) is 0.460. The number of carbonyl (C=O) groups is 1. The van der Waals surface area contributed by atoms with E-state index in [1.807, 2.05) is 24.3 Å². The molecule has 0 spiro atoms. The fourth-order valence-corrected chi connectivity index (χ4v) is 8.57. The molecule has 9 heteroatoms. The van der Waals surface area contributed by atoms with Gasteiger partial charge in [0, 0.05) is 42.9 Å². The summed E-state index contributed by atoms with van der Waals surface area (Å²) < 4.78 is 34.0. The van der Waals surface area contributed by atoms with Crippen LogP contribution in [0.4, 0.5) is 0 Å². The molecule has 0 bridgehead atoms. The van der Waals surface area contributed by atoms with Crippen LogP contribution in [0.5, 0.6) is 0 Å². The van der Waals surface area contributed by atoms with Crippen LogP contribution in [0, 0.1) is 0 Å². The largest absolute Gasteiger partial charge is 0.465 e. The van der Waals surface area contributed by atoms with Crippen LogP contribution in [0.2, 0.25) is 0 Å². The number of thiophene rings is 1. The van der Waals surface area contributed by atoms with Crippen molar-refractivity contribution in [2.24, 2.45) is 0 Å². The number of carbonyl (C=O) groups excluding carboxylic acids is 1. The molecule has 0 radical (unpaired) electrons. The maximum absolute atomic E-state index is 13.7. The second-order valence-electron chi connectivity index (χ2n) is 8.04. The van der Waals surface area contributed by atoms with E-state index in [-0.39, 0.29) is 9.77 Å². The molecular formula is C22H28N2O4S3. The van der Waals surface area contributed by atoms with Crippen molar-refractivity contribution in [2.75, 3.05) is 32.2 Å². The lowest BCUT2D eigenvalue weighted by Crippen LogP contribution is -2.38. The van der Waals surface area contributed by atoms with Crippen LogP contribution in [-0.4, -0.2) is 61.8 Å². The maximum Gasteiger partial charge on any atom is 0.340 e. The molecule has 3 heterocycles. The van der Waals surface area contributed by atoms with Gasteiger partial charge in [0.1, 0.15) is 4.21 Å². The highest BCUT2D eigenvalue weighted by Gasteiger charge is 2.38.